The molecular weight excluding hydrogens is 210 g/mol. The van der Waals surface area contributed by atoms with Gasteiger partial charge in [-0.25, -0.2) is 0 Å². The fourth-order valence-electron chi connectivity index (χ4n) is 3.67. The van der Waals surface area contributed by atoms with Crippen LogP contribution < -0.4 is 5.32 Å². The third-order valence-electron chi connectivity index (χ3n) is 5.23. The van der Waals surface area contributed by atoms with Crippen LogP contribution in [0.1, 0.15) is 65.7 Å². The summed E-state index contributed by atoms with van der Waals surface area (Å²) in [6, 6.07) is 0.695. The van der Waals surface area contributed by atoms with Crippen molar-refractivity contribution in [1.29, 1.82) is 0 Å². The molecule has 0 amide bonds. The predicted molar refractivity (Wildman–Crippen MR) is 72.2 cm³/mol. The Morgan fingerprint density at radius 2 is 1.88 bits per heavy atom. The largest absolute Gasteiger partial charge is 0.372 e. The molecule has 0 heterocycles. The Labute approximate surface area is 107 Å². The van der Waals surface area contributed by atoms with Gasteiger partial charge in [-0.15, -0.1) is 0 Å². The van der Waals surface area contributed by atoms with Gasteiger partial charge in [-0.05, 0) is 46.6 Å². The average molecular weight is 239 g/mol. The van der Waals surface area contributed by atoms with E-state index in [9.17, 15) is 0 Å². The first kappa shape index (κ1) is 13.4. The van der Waals surface area contributed by atoms with Gasteiger partial charge in [-0.3, -0.25) is 0 Å². The van der Waals surface area contributed by atoms with Gasteiger partial charge in [-0.1, -0.05) is 26.2 Å². The summed E-state index contributed by atoms with van der Waals surface area (Å²) in [6.45, 7) is 6.69. The molecule has 0 saturated heterocycles. The summed E-state index contributed by atoms with van der Waals surface area (Å²) in [5.74, 6) is 0. The summed E-state index contributed by atoms with van der Waals surface area (Å²) >= 11 is 0. The second-order valence-electron chi connectivity index (χ2n) is 6.59. The smallest absolute Gasteiger partial charge is 0.0668 e. The molecule has 2 unspecified atom stereocenters. The zero-order valence-corrected chi connectivity index (χ0v) is 12.0. The summed E-state index contributed by atoms with van der Waals surface area (Å²) in [5, 5.41) is 3.52. The first-order valence-corrected chi connectivity index (χ1v) is 7.39. The first-order valence-electron chi connectivity index (χ1n) is 7.39. The van der Waals surface area contributed by atoms with Crippen molar-refractivity contribution in [3.05, 3.63) is 0 Å². The Bertz CT molecular complexity index is 256. The van der Waals surface area contributed by atoms with E-state index in [1.54, 1.807) is 0 Å². The SMILES string of the molecule is CCC(C)(C)OC1CC(NC)C12CCCCC2. The van der Waals surface area contributed by atoms with Gasteiger partial charge >= 0.3 is 0 Å². The lowest BCUT2D eigenvalue weighted by Crippen LogP contribution is -2.65. The molecule has 0 aromatic heterocycles. The lowest BCUT2D eigenvalue weighted by Gasteiger charge is -2.59. The van der Waals surface area contributed by atoms with Crippen molar-refractivity contribution in [3.8, 4) is 0 Å². The molecule has 2 atom stereocenters. The molecule has 2 aliphatic carbocycles. The van der Waals surface area contributed by atoms with E-state index >= 15 is 0 Å². The second kappa shape index (κ2) is 4.89. The molecule has 0 bridgehead atoms. The van der Waals surface area contributed by atoms with Crippen molar-refractivity contribution in [2.75, 3.05) is 7.05 Å². The highest BCUT2D eigenvalue weighted by molar-refractivity contribution is 5.09. The number of hydrogen-bond donors (Lipinski definition) is 1. The quantitative estimate of drug-likeness (QED) is 0.810. The summed E-state index contributed by atoms with van der Waals surface area (Å²) in [5.41, 5.74) is 0.507. The maximum atomic E-state index is 6.41. The van der Waals surface area contributed by atoms with Crippen LogP contribution in [0.25, 0.3) is 0 Å². The van der Waals surface area contributed by atoms with Crippen LogP contribution >= 0.6 is 0 Å². The zero-order valence-electron chi connectivity index (χ0n) is 12.0. The maximum absolute atomic E-state index is 6.41. The molecule has 100 valence electrons. The summed E-state index contributed by atoms with van der Waals surface area (Å²) < 4.78 is 6.41. The molecular formula is C15H29NO. The number of ether oxygens (including phenoxy) is 1. The molecule has 2 fully saturated rings. The standard InChI is InChI=1S/C15H29NO/c1-5-14(2,3)17-13-11-12(16-4)15(13)9-7-6-8-10-15/h12-13,16H,5-11H2,1-4H3. The molecule has 2 heteroatoms. The highest BCUT2D eigenvalue weighted by Crippen LogP contribution is 2.54. The maximum Gasteiger partial charge on any atom is 0.0668 e. The van der Waals surface area contributed by atoms with Gasteiger partial charge in [0, 0.05) is 11.5 Å². The van der Waals surface area contributed by atoms with E-state index < -0.39 is 0 Å². The van der Waals surface area contributed by atoms with Crippen molar-refractivity contribution in [3.63, 3.8) is 0 Å². The zero-order chi connectivity index (χ0) is 12.5. The lowest BCUT2D eigenvalue weighted by atomic mass is 9.55. The molecule has 2 rings (SSSR count). The van der Waals surface area contributed by atoms with E-state index in [2.05, 4.69) is 33.1 Å². The van der Waals surface area contributed by atoms with Crippen LogP contribution in [0.5, 0.6) is 0 Å². The molecule has 1 spiro atoms. The normalized spacial score (nSPS) is 32.5. The van der Waals surface area contributed by atoms with E-state index in [0.29, 0.717) is 17.6 Å². The highest BCUT2D eigenvalue weighted by Gasteiger charge is 2.56. The summed E-state index contributed by atoms with van der Waals surface area (Å²) in [6.07, 6.45) is 9.74. The fourth-order valence-corrected chi connectivity index (χ4v) is 3.67. The number of rotatable bonds is 4. The molecule has 2 saturated carbocycles. The van der Waals surface area contributed by atoms with Crippen molar-refractivity contribution in [2.24, 2.45) is 5.41 Å². The van der Waals surface area contributed by atoms with Crippen LogP contribution in [-0.4, -0.2) is 24.8 Å². The molecule has 0 aromatic rings. The summed E-state index contributed by atoms with van der Waals surface area (Å²) in [4.78, 5) is 0. The Morgan fingerprint density at radius 3 is 2.41 bits per heavy atom. The second-order valence-corrected chi connectivity index (χ2v) is 6.59. The minimum atomic E-state index is 0.0494. The van der Waals surface area contributed by atoms with Crippen LogP contribution in [0.15, 0.2) is 0 Å². The molecule has 0 aliphatic heterocycles. The van der Waals surface area contributed by atoms with Gasteiger partial charge in [0.05, 0.1) is 11.7 Å². The van der Waals surface area contributed by atoms with Gasteiger partial charge in [0.25, 0.3) is 0 Å². The molecule has 17 heavy (non-hydrogen) atoms. The Hall–Kier alpha value is -0.0800. The molecule has 0 aromatic carbocycles. The van der Waals surface area contributed by atoms with Crippen LogP contribution in [0.2, 0.25) is 0 Å². The lowest BCUT2D eigenvalue weighted by molar-refractivity contribution is -0.202. The van der Waals surface area contributed by atoms with Gasteiger partial charge in [-0.2, -0.15) is 0 Å². The molecule has 1 N–H and O–H groups in total. The van der Waals surface area contributed by atoms with Crippen LogP contribution in [0.3, 0.4) is 0 Å². The Kier molecular flexibility index (Phi) is 3.84. The monoisotopic (exact) mass is 239 g/mol. The molecule has 2 nitrogen and oxygen atoms in total. The van der Waals surface area contributed by atoms with Crippen LogP contribution in [0, 0.1) is 5.41 Å². The highest BCUT2D eigenvalue weighted by atomic mass is 16.5. The first-order chi connectivity index (χ1) is 8.04. The van der Waals surface area contributed by atoms with Crippen LogP contribution in [0.4, 0.5) is 0 Å². The third kappa shape index (κ3) is 2.39. The van der Waals surface area contributed by atoms with E-state index in [1.165, 1.54) is 38.5 Å². The topological polar surface area (TPSA) is 21.3 Å². The van der Waals surface area contributed by atoms with E-state index in [0.717, 1.165) is 6.42 Å². The Balaban J connectivity index is 2.03. The van der Waals surface area contributed by atoms with Gasteiger partial charge in [0.1, 0.15) is 0 Å². The van der Waals surface area contributed by atoms with Crippen molar-refractivity contribution in [2.45, 2.75) is 83.5 Å². The van der Waals surface area contributed by atoms with Gasteiger partial charge < -0.3 is 10.1 Å². The minimum Gasteiger partial charge on any atom is -0.372 e. The predicted octanol–water partition coefficient (Wildman–Crippen LogP) is 3.50. The molecule has 0 radical (unpaired) electrons. The molecule has 2 aliphatic rings. The van der Waals surface area contributed by atoms with Gasteiger partial charge in [0.15, 0.2) is 0 Å². The van der Waals surface area contributed by atoms with E-state index in [1.807, 2.05) is 0 Å². The average Bonchev–Trinajstić information content (AvgIpc) is 2.35. The van der Waals surface area contributed by atoms with Gasteiger partial charge in [0.2, 0.25) is 0 Å². The van der Waals surface area contributed by atoms with Crippen LogP contribution in [-0.2, 0) is 4.74 Å². The number of hydrogen-bond acceptors (Lipinski definition) is 2. The number of nitrogens with one attached hydrogen (secondary N) is 1. The third-order valence-corrected chi connectivity index (χ3v) is 5.23. The fraction of sp³-hybridized carbons (Fsp3) is 1.00. The van der Waals surface area contributed by atoms with Crippen molar-refractivity contribution in [1.82, 2.24) is 5.32 Å². The van der Waals surface area contributed by atoms with Crippen molar-refractivity contribution >= 4 is 0 Å². The Morgan fingerprint density at radius 1 is 1.24 bits per heavy atom. The van der Waals surface area contributed by atoms with E-state index in [-0.39, 0.29) is 5.60 Å². The van der Waals surface area contributed by atoms with E-state index in [4.69, 9.17) is 4.74 Å². The van der Waals surface area contributed by atoms with Crippen molar-refractivity contribution < 1.29 is 4.74 Å². The minimum absolute atomic E-state index is 0.0494. The summed E-state index contributed by atoms with van der Waals surface area (Å²) in [7, 11) is 2.11.